The SMILES string of the molecule is O=C1O[C@H](c2ccccc2)[C@H](OCc2ccccc2)[C@@H](O)[C@@H]1OCc1ccccc1. The van der Waals surface area contributed by atoms with Crippen LogP contribution >= 0.6 is 0 Å². The number of esters is 1. The number of aliphatic hydroxyl groups excluding tert-OH is 1. The van der Waals surface area contributed by atoms with Gasteiger partial charge < -0.3 is 19.3 Å². The van der Waals surface area contributed by atoms with Crippen molar-refractivity contribution in [2.75, 3.05) is 0 Å². The zero-order valence-electron chi connectivity index (χ0n) is 16.5. The van der Waals surface area contributed by atoms with Crippen LogP contribution in [0.4, 0.5) is 0 Å². The van der Waals surface area contributed by atoms with Crippen LogP contribution in [-0.4, -0.2) is 29.4 Å². The van der Waals surface area contributed by atoms with Crippen LogP contribution in [0, 0.1) is 0 Å². The van der Waals surface area contributed by atoms with E-state index in [0.717, 1.165) is 16.7 Å². The zero-order valence-corrected chi connectivity index (χ0v) is 16.5. The normalized spacial score (nSPS) is 23.7. The molecule has 0 aliphatic carbocycles. The minimum absolute atomic E-state index is 0.194. The van der Waals surface area contributed by atoms with Gasteiger partial charge in [0.05, 0.1) is 13.2 Å². The number of hydrogen-bond acceptors (Lipinski definition) is 5. The molecule has 154 valence electrons. The highest BCUT2D eigenvalue weighted by molar-refractivity contribution is 5.77. The quantitative estimate of drug-likeness (QED) is 0.607. The molecule has 5 heteroatoms. The molecule has 1 aliphatic heterocycles. The van der Waals surface area contributed by atoms with Crippen molar-refractivity contribution in [2.24, 2.45) is 0 Å². The Kier molecular flexibility index (Phi) is 6.54. The number of carbonyl (C=O) groups is 1. The maximum absolute atomic E-state index is 12.7. The Labute approximate surface area is 175 Å². The van der Waals surface area contributed by atoms with Gasteiger partial charge in [0.2, 0.25) is 0 Å². The standard InChI is InChI=1S/C25H24O5/c26-21-23(28-16-18-10-4-1-5-11-18)22(20-14-8-3-9-15-20)30-25(27)24(21)29-17-19-12-6-2-7-13-19/h1-15,21-24,26H,16-17H2/t21-,22-,23-,24+/m1/s1. The number of carbonyl (C=O) groups excluding carboxylic acids is 1. The Morgan fingerprint density at radius 3 is 1.80 bits per heavy atom. The van der Waals surface area contributed by atoms with Gasteiger partial charge in [-0.25, -0.2) is 4.79 Å². The van der Waals surface area contributed by atoms with Crippen molar-refractivity contribution in [3.05, 3.63) is 108 Å². The van der Waals surface area contributed by atoms with Gasteiger partial charge in [0.25, 0.3) is 0 Å². The summed E-state index contributed by atoms with van der Waals surface area (Å²) in [6, 6.07) is 28.5. The fourth-order valence-electron chi connectivity index (χ4n) is 3.53. The van der Waals surface area contributed by atoms with Gasteiger partial charge in [-0.3, -0.25) is 0 Å². The molecule has 0 aromatic heterocycles. The molecule has 5 nitrogen and oxygen atoms in total. The predicted octanol–water partition coefficient (Wildman–Crippen LogP) is 3.82. The van der Waals surface area contributed by atoms with Gasteiger partial charge in [-0.1, -0.05) is 91.0 Å². The fourth-order valence-corrected chi connectivity index (χ4v) is 3.53. The molecule has 1 fully saturated rings. The van der Waals surface area contributed by atoms with Crippen molar-refractivity contribution in [3.63, 3.8) is 0 Å². The molecule has 0 saturated carbocycles. The molecule has 3 aromatic carbocycles. The van der Waals surface area contributed by atoms with Crippen LogP contribution in [0.1, 0.15) is 22.8 Å². The summed E-state index contributed by atoms with van der Waals surface area (Å²) in [6.07, 6.45) is -3.75. The highest BCUT2D eigenvalue weighted by Crippen LogP contribution is 2.33. The van der Waals surface area contributed by atoms with Gasteiger partial charge in [0, 0.05) is 0 Å². The third kappa shape index (κ3) is 4.76. The maximum atomic E-state index is 12.7. The summed E-state index contributed by atoms with van der Waals surface area (Å²) in [5.74, 6) is -0.591. The topological polar surface area (TPSA) is 65.0 Å². The minimum atomic E-state index is -1.16. The van der Waals surface area contributed by atoms with E-state index in [1.54, 1.807) is 0 Å². The summed E-state index contributed by atoms with van der Waals surface area (Å²) in [6.45, 7) is 0.480. The second-order valence-electron chi connectivity index (χ2n) is 7.24. The summed E-state index contributed by atoms with van der Waals surface area (Å²) < 4.78 is 17.5. The van der Waals surface area contributed by atoms with Gasteiger partial charge in [-0.15, -0.1) is 0 Å². The lowest BCUT2D eigenvalue weighted by molar-refractivity contribution is -0.223. The molecule has 3 aromatic rings. The molecular formula is C25H24O5. The molecule has 1 aliphatic rings. The van der Waals surface area contributed by atoms with Gasteiger partial charge in [-0.05, 0) is 16.7 Å². The number of aliphatic hydroxyl groups is 1. The van der Waals surface area contributed by atoms with E-state index < -0.39 is 30.4 Å². The zero-order chi connectivity index (χ0) is 20.8. The second kappa shape index (κ2) is 9.67. The third-order valence-corrected chi connectivity index (χ3v) is 5.11. The molecule has 1 heterocycles. The molecule has 0 unspecified atom stereocenters. The average molecular weight is 404 g/mol. The summed E-state index contributed by atoms with van der Waals surface area (Å²) in [5, 5.41) is 11.0. The van der Waals surface area contributed by atoms with Crippen molar-refractivity contribution in [3.8, 4) is 0 Å². The van der Waals surface area contributed by atoms with E-state index in [9.17, 15) is 9.90 Å². The summed E-state index contributed by atoms with van der Waals surface area (Å²) >= 11 is 0. The maximum Gasteiger partial charge on any atom is 0.338 e. The van der Waals surface area contributed by atoms with Gasteiger partial charge in [-0.2, -0.15) is 0 Å². The Bertz CT molecular complexity index is 930. The van der Waals surface area contributed by atoms with E-state index in [4.69, 9.17) is 14.2 Å². The van der Waals surface area contributed by atoms with Gasteiger partial charge in [0.1, 0.15) is 12.2 Å². The highest BCUT2D eigenvalue weighted by Gasteiger charge is 2.47. The monoisotopic (exact) mass is 404 g/mol. The van der Waals surface area contributed by atoms with Crippen LogP contribution < -0.4 is 0 Å². The number of cyclic esters (lactones) is 1. The Balaban J connectivity index is 1.53. The number of benzene rings is 3. The van der Waals surface area contributed by atoms with Crippen molar-refractivity contribution < 1.29 is 24.1 Å². The van der Waals surface area contributed by atoms with Crippen LogP contribution in [0.5, 0.6) is 0 Å². The lowest BCUT2D eigenvalue weighted by atomic mass is 9.94. The Hall–Kier alpha value is -2.99. The second-order valence-corrected chi connectivity index (χ2v) is 7.24. The van der Waals surface area contributed by atoms with E-state index >= 15 is 0 Å². The molecule has 0 radical (unpaired) electrons. The van der Waals surface area contributed by atoms with Crippen LogP contribution in [0.25, 0.3) is 0 Å². The lowest BCUT2D eigenvalue weighted by Gasteiger charge is -2.39. The van der Waals surface area contributed by atoms with Crippen LogP contribution in [0.3, 0.4) is 0 Å². The smallest absolute Gasteiger partial charge is 0.338 e. The largest absolute Gasteiger partial charge is 0.453 e. The van der Waals surface area contributed by atoms with E-state index in [-0.39, 0.29) is 13.2 Å². The first-order valence-corrected chi connectivity index (χ1v) is 9.97. The van der Waals surface area contributed by atoms with Crippen molar-refractivity contribution >= 4 is 5.97 Å². The number of ether oxygens (including phenoxy) is 3. The molecule has 4 atom stereocenters. The van der Waals surface area contributed by atoms with Crippen molar-refractivity contribution in [2.45, 2.75) is 37.6 Å². The number of rotatable bonds is 7. The van der Waals surface area contributed by atoms with Gasteiger partial charge in [0.15, 0.2) is 12.2 Å². The minimum Gasteiger partial charge on any atom is -0.453 e. The van der Waals surface area contributed by atoms with Crippen LogP contribution in [0.15, 0.2) is 91.0 Å². The first-order chi connectivity index (χ1) is 14.7. The summed E-state index contributed by atoms with van der Waals surface area (Å²) in [4.78, 5) is 12.7. The Morgan fingerprint density at radius 2 is 1.23 bits per heavy atom. The van der Waals surface area contributed by atoms with Crippen LogP contribution in [0.2, 0.25) is 0 Å². The van der Waals surface area contributed by atoms with E-state index in [1.807, 2.05) is 91.0 Å². The molecule has 4 rings (SSSR count). The fraction of sp³-hybridized carbons (Fsp3) is 0.240. The van der Waals surface area contributed by atoms with E-state index in [2.05, 4.69) is 0 Å². The van der Waals surface area contributed by atoms with E-state index in [1.165, 1.54) is 0 Å². The van der Waals surface area contributed by atoms with Crippen molar-refractivity contribution in [1.29, 1.82) is 0 Å². The summed E-state index contributed by atoms with van der Waals surface area (Å²) in [7, 11) is 0. The van der Waals surface area contributed by atoms with Crippen molar-refractivity contribution in [1.82, 2.24) is 0 Å². The van der Waals surface area contributed by atoms with E-state index in [0.29, 0.717) is 0 Å². The average Bonchev–Trinajstić information content (AvgIpc) is 2.80. The molecule has 0 bridgehead atoms. The molecular weight excluding hydrogens is 380 g/mol. The molecule has 0 amide bonds. The first-order valence-electron chi connectivity index (χ1n) is 9.97. The lowest BCUT2D eigenvalue weighted by Crippen LogP contribution is -2.54. The van der Waals surface area contributed by atoms with Gasteiger partial charge >= 0.3 is 5.97 Å². The molecule has 30 heavy (non-hydrogen) atoms. The highest BCUT2D eigenvalue weighted by atomic mass is 16.6. The molecule has 1 N–H and O–H groups in total. The molecule has 1 saturated heterocycles. The summed E-state index contributed by atoms with van der Waals surface area (Å²) in [5.41, 5.74) is 2.64. The Morgan fingerprint density at radius 1 is 0.733 bits per heavy atom. The third-order valence-electron chi connectivity index (χ3n) is 5.11. The predicted molar refractivity (Wildman–Crippen MR) is 111 cm³/mol. The first kappa shape index (κ1) is 20.3. The number of hydrogen-bond donors (Lipinski definition) is 1. The van der Waals surface area contributed by atoms with Crippen LogP contribution in [-0.2, 0) is 32.2 Å². The molecule has 0 spiro atoms.